The van der Waals surface area contributed by atoms with E-state index in [2.05, 4.69) is 79.2 Å². The van der Waals surface area contributed by atoms with E-state index in [0.29, 0.717) is 13.0 Å². The van der Waals surface area contributed by atoms with Gasteiger partial charge in [0, 0.05) is 33.0 Å². The lowest BCUT2D eigenvalue weighted by molar-refractivity contribution is -0.128. The number of amides is 1. The lowest BCUT2D eigenvalue weighted by Gasteiger charge is -2.31. The number of nitriles is 1. The molecule has 2 aromatic carbocycles. The van der Waals surface area contributed by atoms with Gasteiger partial charge < -0.3 is 15.5 Å². The maximum Gasteiger partial charge on any atom is 0.223 e. The van der Waals surface area contributed by atoms with Gasteiger partial charge in [0.2, 0.25) is 5.91 Å². The van der Waals surface area contributed by atoms with E-state index >= 15 is 0 Å². The van der Waals surface area contributed by atoms with Crippen LogP contribution in [0.1, 0.15) is 36.5 Å². The van der Waals surface area contributed by atoms with Crippen LogP contribution in [0.2, 0.25) is 0 Å². The Morgan fingerprint density at radius 3 is 2.38 bits per heavy atom. The first kappa shape index (κ1) is 24.7. The average Bonchev–Trinajstić information content (AvgIpc) is 3.21. The Morgan fingerprint density at radius 2 is 1.78 bits per heavy atom. The molecule has 1 aliphatic rings. The number of aryl methyl sites for hydroxylation is 1. The molecule has 1 amide bonds. The number of carbonyl (C=O) groups excluding carboxylic acids is 1. The summed E-state index contributed by atoms with van der Waals surface area (Å²) in [6.07, 6.45) is 2.46. The summed E-state index contributed by atoms with van der Waals surface area (Å²) in [6.45, 7) is 14.1. The molecule has 0 aliphatic carbocycles. The molecule has 1 heterocycles. The van der Waals surface area contributed by atoms with Crippen LogP contribution in [0.4, 0.5) is 0 Å². The van der Waals surface area contributed by atoms with Gasteiger partial charge >= 0.3 is 0 Å². The van der Waals surface area contributed by atoms with Crippen molar-refractivity contribution in [1.82, 2.24) is 15.5 Å². The Balaban J connectivity index is 0.00000114. The highest BCUT2D eigenvalue weighted by Crippen LogP contribution is 2.25. The molecule has 1 aliphatic heterocycles. The molecule has 0 radical (unpaired) electrons. The van der Waals surface area contributed by atoms with Gasteiger partial charge in [-0.3, -0.25) is 4.79 Å². The Morgan fingerprint density at radius 1 is 1.12 bits per heavy atom. The fraction of sp³-hybridized carbons (Fsp3) is 0.333. The van der Waals surface area contributed by atoms with Crippen LogP contribution >= 0.6 is 0 Å². The minimum atomic E-state index is -0.0830. The topological polar surface area (TPSA) is 68.2 Å². The maximum atomic E-state index is 12.4. The van der Waals surface area contributed by atoms with Crippen LogP contribution in [0.5, 0.6) is 0 Å². The van der Waals surface area contributed by atoms with Crippen molar-refractivity contribution in [2.45, 2.75) is 39.2 Å². The Labute approximate surface area is 192 Å². The minimum absolute atomic E-state index is 0.0830. The largest absolute Gasteiger partial charge is 0.372 e. The fourth-order valence-corrected chi connectivity index (χ4v) is 3.66. The van der Waals surface area contributed by atoms with E-state index in [-0.39, 0.29) is 11.9 Å². The molecule has 3 rings (SSSR count). The molecule has 0 bridgehead atoms. The van der Waals surface area contributed by atoms with Crippen LogP contribution in [0.3, 0.4) is 0 Å². The van der Waals surface area contributed by atoms with E-state index in [0.717, 1.165) is 42.9 Å². The molecule has 1 atom stereocenters. The molecular formula is C27H34N4O. The van der Waals surface area contributed by atoms with Crippen LogP contribution in [-0.2, 0) is 11.2 Å². The SMILES string of the molecule is C=C(NCCc1ccccc1)NCC(C(=C)c1ccc(C)cc1)N1CCCC1=O.CC#N. The van der Waals surface area contributed by atoms with E-state index < -0.39 is 0 Å². The monoisotopic (exact) mass is 430 g/mol. The average molecular weight is 431 g/mol. The summed E-state index contributed by atoms with van der Waals surface area (Å²) in [5.74, 6) is 0.974. The normalized spacial score (nSPS) is 13.4. The molecule has 1 saturated heterocycles. The van der Waals surface area contributed by atoms with E-state index in [1.807, 2.05) is 11.0 Å². The van der Waals surface area contributed by atoms with Gasteiger partial charge in [0.25, 0.3) is 0 Å². The van der Waals surface area contributed by atoms with E-state index in [1.165, 1.54) is 18.1 Å². The molecule has 2 N–H and O–H groups in total. The van der Waals surface area contributed by atoms with Gasteiger partial charge in [0.15, 0.2) is 0 Å². The third-order valence-electron chi connectivity index (χ3n) is 5.41. The van der Waals surface area contributed by atoms with Crippen molar-refractivity contribution >= 4 is 11.5 Å². The molecule has 32 heavy (non-hydrogen) atoms. The number of nitrogens with zero attached hydrogens (tertiary/aromatic N) is 2. The van der Waals surface area contributed by atoms with Crippen LogP contribution in [-0.4, -0.2) is 36.5 Å². The maximum absolute atomic E-state index is 12.4. The summed E-state index contributed by atoms with van der Waals surface area (Å²) >= 11 is 0. The molecule has 5 heteroatoms. The van der Waals surface area contributed by atoms with Gasteiger partial charge in [0.05, 0.1) is 17.9 Å². The summed E-state index contributed by atoms with van der Waals surface area (Å²) in [6, 6.07) is 20.4. The second-order valence-corrected chi connectivity index (χ2v) is 7.84. The first-order valence-electron chi connectivity index (χ1n) is 11.0. The van der Waals surface area contributed by atoms with Crippen LogP contribution in [0.15, 0.2) is 73.6 Å². The molecule has 0 aromatic heterocycles. The number of benzene rings is 2. The quantitative estimate of drug-likeness (QED) is 0.585. The van der Waals surface area contributed by atoms with Gasteiger partial charge in [0.1, 0.15) is 0 Å². The number of hydrogen-bond acceptors (Lipinski definition) is 4. The summed E-state index contributed by atoms with van der Waals surface area (Å²) in [7, 11) is 0. The first-order chi connectivity index (χ1) is 15.5. The zero-order valence-electron chi connectivity index (χ0n) is 19.2. The molecule has 0 saturated carbocycles. The van der Waals surface area contributed by atoms with Gasteiger partial charge in [-0.15, -0.1) is 0 Å². The highest BCUT2D eigenvalue weighted by molar-refractivity contribution is 5.82. The number of likely N-dealkylation sites (tertiary alicyclic amines) is 1. The summed E-state index contributed by atoms with van der Waals surface area (Å²) < 4.78 is 0. The summed E-state index contributed by atoms with van der Waals surface area (Å²) in [4.78, 5) is 14.3. The van der Waals surface area contributed by atoms with Crippen molar-refractivity contribution < 1.29 is 4.79 Å². The molecule has 5 nitrogen and oxygen atoms in total. The molecule has 0 spiro atoms. The lowest BCUT2D eigenvalue weighted by Crippen LogP contribution is -2.44. The van der Waals surface area contributed by atoms with Crippen molar-refractivity contribution in [2.24, 2.45) is 0 Å². The number of nitrogens with one attached hydrogen (secondary N) is 2. The first-order valence-corrected chi connectivity index (χ1v) is 11.0. The Kier molecular flexibility index (Phi) is 10.1. The smallest absolute Gasteiger partial charge is 0.223 e. The molecule has 168 valence electrons. The fourth-order valence-electron chi connectivity index (χ4n) is 3.66. The van der Waals surface area contributed by atoms with Crippen LogP contribution < -0.4 is 10.6 Å². The molecule has 1 fully saturated rings. The van der Waals surface area contributed by atoms with Gasteiger partial charge in [-0.2, -0.15) is 5.26 Å². The van der Waals surface area contributed by atoms with Crippen LogP contribution in [0.25, 0.3) is 5.57 Å². The van der Waals surface area contributed by atoms with Crippen LogP contribution in [0, 0.1) is 18.3 Å². The Bertz CT molecular complexity index is 928. The zero-order valence-corrected chi connectivity index (χ0v) is 19.2. The third kappa shape index (κ3) is 7.63. The van der Waals surface area contributed by atoms with E-state index in [1.54, 1.807) is 6.07 Å². The standard InChI is InChI=1S/C25H31N3O.C2H3N/c1-19-11-13-23(14-12-19)20(2)24(28-17-7-10-25(28)29)18-27-21(3)26-16-15-22-8-5-4-6-9-22;1-2-3/h4-6,8-9,11-14,24,26-27H,2-3,7,10,15-18H2,1H3;1H3. The second kappa shape index (κ2) is 13.0. The van der Waals surface area contributed by atoms with E-state index in [4.69, 9.17) is 5.26 Å². The van der Waals surface area contributed by atoms with Gasteiger partial charge in [-0.05, 0) is 36.5 Å². The highest BCUT2D eigenvalue weighted by Gasteiger charge is 2.30. The van der Waals surface area contributed by atoms with E-state index in [9.17, 15) is 4.79 Å². The predicted molar refractivity (Wildman–Crippen MR) is 132 cm³/mol. The predicted octanol–water partition coefficient (Wildman–Crippen LogP) is 4.42. The molecule has 2 aromatic rings. The highest BCUT2D eigenvalue weighted by atomic mass is 16.2. The van der Waals surface area contributed by atoms with Crippen molar-refractivity contribution in [3.8, 4) is 6.07 Å². The molecule has 1 unspecified atom stereocenters. The van der Waals surface area contributed by atoms with Crippen molar-refractivity contribution in [3.05, 3.63) is 90.3 Å². The number of carbonyl (C=O) groups is 1. The molecular weight excluding hydrogens is 396 g/mol. The van der Waals surface area contributed by atoms with Crippen molar-refractivity contribution in [3.63, 3.8) is 0 Å². The van der Waals surface area contributed by atoms with Crippen molar-refractivity contribution in [2.75, 3.05) is 19.6 Å². The minimum Gasteiger partial charge on any atom is -0.372 e. The second-order valence-electron chi connectivity index (χ2n) is 7.84. The van der Waals surface area contributed by atoms with Crippen molar-refractivity contribution in [1.29, 1.82) is 5.26 Å². The number of hydrogen-bond donors (Lipinski definition) is 2. The summed E-state index contributed by atoms with van der Waals surface area (Å²) in [5, 5.41) is 14.0. The lowest BCUT2D eigenvalue weighted by atomic mass is 9.98. The van der Waals surface area contributed by atoms with Gasteiger partial charge in [-0.25, -0.2) is 0 Å². The number of rotatable bonds is 10. The Hall–Kier alpha value is -3.52. The summed E-state index contributed by atoms with van der Waals surface area (Å²) in [5.41, 5.74) is 4.54. The zero-order chi connectivity index (χ0) is 23.3. The van der Waals surface area contributed by atoms with Gasteiger partial charge in [-0.1, -0.05) is 73.3 Å². The third-order valence-corrected chi connectivity index (χ3v) is 5.41.